The molecule has 27 heavy (non-hydrogen) atoms. The van der Waals surface area contributed by atoms with E-state index in [1.807, 2.05) is 0 Å². The number of aliphatic hydroxyl groups is 1. The average Bonchev–Trinajstić information content (AvgIpc) is 2.57. The monoisotopic (exact) mass is 390 g/mol. The van der Waals surface area contributed by atoms with Crippen LogP contribution in [0.15, 0.2) is 24.3 Å². The lowest BCUT2D eigenvalue weighted by Crippen LogP contribution is -2.50. The van der Waals surface area contributed by atoms with Gasteiger partial charge in [0.2, 0.25) is 5.91 Å². The quantitative estimate of drug-likeness (QED) is 0.578. The van der Waals surface area contributed by atoms with Crippen molar-refractivity contribution in [1.29, 1.82) is 0 Å². The van der Waals surface area contributed by atoms with E-state index in [0.29, 0.717) is 0 Å². The van der Waals surface area contributed by atoms with Crippen molar-refractivity contribution in [1.82, 2.24) is 5.32 Å². The van der Waals surface area contributed by atoms with Gasteiger partial charge in [-0.05, 0) is 30.5 Å². The minimum Gasteiger partial charge on any atom is -0.466 e. The van der Waals surface area contributed by atoms with E-state index in [-0.39, 0.29) is 18.6 Å². The fourth-order valence-corrected chi connectivity index (χ4v) is 2.33. The number of hydrogen-bond donors (Lipinski definition) is 3. The minimum atomic E-state index is -4.55. The van der Waals surface area contributed by atoms with Crippen molar-refractivity contribution in [3.63, 3.8) is 0 Å². The van der Waals surface area contributed by atoms with Crippen LogP contribution < -0.4 is 11.1 Å². The highest BCUT2D eigenvalue weighted by Crippen LogP contribution is 2.30. The summed E-state index contributed by atoms with van der Waals surface area (Å²) in [5.41, 5.74) is 4.20. The topological polar surface area (TPSA) is 119 Å². The number of halogens is 3. The summed E-state index contributed by atoms with van der Waals surface area (Å²) in [7, 11) is 0. The third-order valence-electron chi connectivity index (χ3n) is 3.77. The molecule has 0 aliphatic rings. The van der Waals surface area contributed by atoms with Gasteiger partial charge in [0.25, 0.3) is 5.91 Å². The Hall–Kier alpha value is -2.62. The first-order valence-electron chi connectivity index (χ1n) is 8.07. The number of alkyl halides is 3. The summed E-state index contributed by atoms with van der Waals surface area (Å²) >= 11 is 0. The number of amides is 2. The fraction of sp³-hybridized carbons (Fsp3) is 0.471. The van der Waals surface area contributed by atoms with Crippen LogP contribution in [0.5, 0.6) is 0 Å². The Morgan fingerprint density at radius 2 is 1.78 bits per heavy atom. The van der Waals surface area contributed by atoms with Crippen molar-refractivity contribution in [2.45, 2.75) is 38.6 Å². The number of nitrogens with two attached hydrogens (primary N) is 1. The van der Waals surface area contributed by atoms with Crippen LogP contribution in [0, 0.1) is 5.92 Å². The highest BCUT2D eigenvalue weighted by atomic mass is 19.4. The molecule has 0 aliphatic carbocycles. The van der Waals surface area contributed by atoms with Crippen molar-refractivity contribution in [3.05, 3.63) is 35.4 Å². The molecule has 4 N–H and O–H groups in total. The van der Waals surface area contributed by atoms with Gasteiger partial charge < -0.3 is 20.9 Å². The number of nitrogens with one attached hydrogen (secondary N) is 1. The summed E-state index contributed by atoms with van der Waals surface area (Å²) in [6, 6.07) is 2.08. The van der Waals surface area contributed by atoms with E-state index in [9.17, 15) is 32.7 Å². The van der Waals surface area contributed by atoms with Gasteiger partial charge in [-0.15, -0.1) is 0 Å². The Morgan fingerprint density at radius 1 is 1.22 bits per heavy atom. The van der Waals surface area contributed by atoms with Gasteiger partial charge in [-0.3, -0.25) is 14.4 Å². The zero-order valence-electron chi connectivity index (χ0n) is 14.7. The molecule has 1 rings (SSSR count). The van der Waals surface area contributed by atoms with Crippen molar-refractivity contribution in [3.8, 4) is 0 Å². The molecule has 1 aromatic rings. The molecule has 3 atom stereocenters. The number of aliphatic hydroxyl groups excluding tert-OH is 1. The van der Waals surface area contributed by atoms with Gasteiger partial charge in [0.15, 0.2) is 6.10 Å². The van der Waals surface area contributed by atoms with E-state index < -0.39 is 47.6 Å². The molecular formula is C17H21F3N2O5. The van der Waals surface area contributed by atoms with Crippen molar-refractivity contribution in [2.24, 2.45) is 11.7 Å². The highest BCUT2D eigenvalue weighted by Gasteiger charge is 2.32. The largest absolute Gasteiger partial charge is 0.466 e. The molecule has 0 aliphatic heterocycles. The van der Waals surface area contributed by atoms with Gasteiger partial charge in [0.1, 0.15) is 6.04 Å². The number of primary amides is 1. The molecule has 0 spiro atoms. The third kappa shape index (κ3) is 6.55. The summed E-state index contributed by atoms with van der Waals surface area (Å²) in [5.74, 6) is -3.27. The molecule has 1 aromatic carbocycles. The smallest absolute Gasteiger partial charge is 0.416 e. The fourth-order valence-electron chi connectivity index (χ4n) is 2.33. The van der Waals surface area contributed by atoms with Crippen LogP contribution in [-0.4, -0.2) is 35.5 Å². The summed E-state index contributed by atoms with van der Waals surface area (Å²) < 4.78 is 42.4. The van der Waals surface area contributed by atoms with Crippen LogP contribution >= 0.6 is 0 Å². The van der Waals surface area contributed by atoms with Crippen LogP contribution in [-0.2, 0) is 25.3 Å². The minimum absolute atomic E-state index is 0.0956. The third-order valence-corrected chi connectivity index (χ3v) is 3.77. The number of ether oxygens (including phenoxy) is 1. The Kier molecular flexibility index (Phi) is 7.77. The summed E-state index contributed by atoms with van der Waals surface area (Å²) in [6.45, 7) is 3.24. The molecule has 0 bridgehead atoms. The molecule has 0 unspecified atom stereocenters. The number of hydrogen-bond acceptors (Lipinski definition) is 5. The van der Waals surface area contributed by atoms with Crippen molar-refractivity contribution in [2.75, 3.05) is 6.61 Å². The Labute approximate surface area is 153 Å². The Bertz CT molecular complexity index is 676. The average molecular weight is 390 g/mol. The maximum atomic E-state index is 12.6. The molecular weight excluding hydrogens is 369 g/mol. The maximum Gasteiger partial charge on any atom is 0.416 e. The van der Waals surface area contributed by atoms with E-state index in [4.69, 9.17) is 10.5 Å². The zero-order chi connectivity index (χ0) is 20.8. The van der Waals surface area contributed by atoms with Gasteiger partial charge in [-0.1, -0.05) is 19.1 Å². The van der Waals surface area contributed by atoms with Crippen LogP contribution in [0.4, 0.5) is 13.2 Å². The van der Waals surface area contributed by atoms with E-state index >= 15 is 0 Å². The van der Waals surface area contributed by atoms with E-state index in [1.165, 1.54) is 6.92 Å². The Morgan fingerprint density at radius 3 is 2.22 bits per heavy atom. The predicted molar refractivity (Wildman–Crippen MR) is 87.9 cm³/mol. The number of benzene rings is 1. The lowest BCUT2D eigenvalue weighted by molar-refractivity contribution is -0.145. The standard InChI is InChI=1S/C17H21F3N2O5/c1-3-27-12(23)8-9(2)13(15(21)25)22-16(26)14(24)10-4-6-11(7-5-10)17(18,19)20/h4-7,9,13-14,24H,3,8H2,1-2H3,(H2,21,25)(H,22,26)/t9-,13+,14-/m0/s1. The van der Waals surface area contributed by atoms with E-state index in [0.717, 1.165) is 24.3 Å². The van der Waals surface area contributed by atoms with E-state index in [2.05, 4.69) is 5.32 Å². The molecule has 0 saturated heterocycles. The molecule has 0 fully saturated rings. The number of carbonyl (C=O) groups excluding carboxylic acids is 3. The van der Waals surface area contributed by atoms with Gasteiger partial charge in [0, 0.05) is 0 Å². The van der Waals surface area contributed by atoms with Crippen LogP contribution in [0.1, 0.15) is 37.5 Å². The highest BCUT2D eigenvalue weighted by molar-refractivity contribution is 5.89. The van der Waals surface area contributed by atoms with Crippen molar-refractivity contribution >= 4 is 17.8 Å². The SMILES string of the molecule is CCOC(=O)C[C@H](C)[C@@H](NC(=O)[C@@H](O)c1ccc(C(F)(F)F)cc1)C(N)=O. The van der Waals surface area contributed by atoms with Gasteiger partial charge in [0.05, 0.1) is 18.6 Å². The van der Waals surface area contributed by atoms with Crippen LogP contribution in [0.3, 0.4) is 0 Å². The molecule has 150 valence electrons. The second kappa shape index (κ2) is 9.36. The maximum absolute atomic E-state index is 12.6. The lowest BCUT2D eigenvalue weighted by Gasteiger charge is -2.23. The normalized spacial score (nSPS) is 14.7. The molecule has 10 heteroatoms. The Balaban J connectivity index is 2.83. The summed E-state index contributed by atoms with van der Waals surface area (Å²) in [4.78, 5) is 35.2. The molecule has 0 radical (unpaired) electrons. The lowest BCUT2D eigenvalue weighted by atomic mass is 9.97. The number of carbonyl (C=O) groups is 3. The first kappa shape index (κ1) is 22.4. The second-order valence-electron chi connectivity index (χ2n) is 5.90. The van der Waals surface area contributed by atoms with Crippen LogP contribution in [0.2, 0.25) is 0 Å². The second-order valence-corrected chi connectivity index (χ2v) is 5.90. The van der Waals surface area contributed by atoms with Gasteiger partial charge >= 0.3 is 12.1 Å². The molecule has 2 amide bonds. The first-order valence-corrected chi connectivity index (χ1v) is 8.07. The van der Waals surface area contributed by atoms with Gasteiger partial charge in [-0.25, -0.2) is 0 Å². The van der Waals surface area contributed by atoms with Crippen LogP contribution in [0.25, 0.3) is 0 Å². The van der Waals surface area contributed by atoms with E-state index in [1.54, 1.807) is 6.92 Å². The molecule has 0 aromatic heterocycles. The summed E-state index contributed by atoms with van der Waals surface area (Å²) in [6.07, 6.45) is -6.56. The zero-order valence-corrected chi connectivity index (χ0v) is 14.7. The molecule has 0 heterocycles. The summed E-state index contributed by atoms with van der Waals surface area (Å²) in [5, 5.41) is 12.2. The first-order chi connectivity index (χ1) is 12.5. The van der Waals surface area contributed by atoms with Crippen molar-refractivity contribution < 1.29 is 37.4 Å². The predicted octanol–water partition coefficient (Wildman–Crippen LogP) is 1.30. The number of rotatable bonds is 8. The number of esters is 1. The molecule has 7 nitrogen and oxygen atoms in total. The molecule has 0 saturated carbocycles. The van der Waals surface area contributed by atoms with Gasteiger partial charge in [-0.2, -0.15) is 13.2 Å².